The highest BCUT2D eigenvalue weighted by atomic mass is 35.5. The van der Waals surface area contributed by atoms with Gasteiger partial charge in [-0.25, -0.2) is 24.0 Å². The number of carbonyl (C=O) groups is 5. The zero-order valence-corrected chi connectivity index (χ0v) is 19.9. The maximum absolute atomic E-state index is 11.4. The third-order valence-corrected chi connectivity index (χ3v) is 5.24. The van der Waals surface area contributed by atoms with Gasteiger partial charge in [0.05, 0.1) is 0 Å². The largest absolute Gasteiger partial charge is 1.00 e. The summed E-state index contributed by atoms with van der Waals surface area (Å²) >= 11 is 0. The van der Waals surface area contributed by atoms with E-state index >= 15 is 0 Å². The average Bonchev–Trinajstić information content (AvgIpc) is 2.74. The molecule has 13 nitrogen and oxygen atoms in total. The van der Waals surface area contributed by atoms with Crippen LogP contribution in [-0.2, 0) is 24.0 Å². The van der Waals surface area contributed by atoms with E-state index < -0.39 is 62.1 Å². The minimum Gasteiger partial charge on any atom is -1.00 e. The van der Waals surface area contributed by atoms with Crippen LogP contribution in [0.4, 0.5) is 0 Å². The second-order valence-corrected chi connectivity index (χ2v) is 7.65. The van der Waals surface area contributed by atoms with Gasteiger partial charge >= 0.3 is 29.8 Å². The van der Waals surface area contributed by atoms with Crippen molar-refractivity contribution >= 4 is 29.8 Å². The molecule has 16 heteroatoms. The lowest BCUT2D eigenvalue weighted by Gasteiger charge is -2.30. The predicted molar refractivity (Wildman–Crippen MR) is 96.6 cm³/mol. The van der Waals surface area contributed by atoms with Crippen LogP contribution in [0.15, 0.2) is 0 Å². The maximum atomic E-state index is 11.4. The van der Waals surface area contributed by atoms with Crippen molar-refractivity contribution in [3.05, 3.63) is 0 Å². The minimum atomic E-state index is -1.17. The molecule has 1 aliphatic rings. The van der Waals surface area contributed by atoms with E-state index in [4.69, 9.17) is 20.4 Å². The van der Waals surface area contributed by atoms with Crippen LogP contribution in [-0.4, -0.2) is 113 Å². The van der Waals surface area contributed by atoms with E-state index in [0.717, 1.165) is 0 Å². The van der Waals surface area contributed by atoms with Crippen molar-refractivity contribution in [1.29, 1.82) is 0 Å². The summed E-state index contributed by atoms with van der Waals surface area (Å²) in [5, 5.41) is 45.6. The standard InChI is InChI=1S/C17H27N3O10.3ClH/c21-13(22)6-18(7-14(23)24)4-11-2-1-3-12(5-19(11)8-15(25)26)20(9-16(27)28)10-17(29)30;;;/h11-12H,1-10H2,(H,21,22)(H,23,24)(H,25,26)(H,27,28)(H,29,30);3*1H/t11-,12-;;;/m1.../s1. The summed E-state index contributed by atoms with van der Waals surface area (Å²) in [7, 11) is 0. The fraction of sp³-hybridized carbons (Fsp3) is 0.706. The van der Waals surface area contributed by atoms with Gasteiger partial charge in [0.2, 0.25) is 0 Å². The molecule has 0 amide bonds. The lowest BCUT2D eigenvalue weighted by Crippen LogP contribution is -3.28. The van der Waals surface area contributed by atoms with Crippen molar-refractivity contribution in [2.24, 2.45) is 0 Å². The second kappa shape index (κ2) is 17.6. The Morgan fingerprint density at radius 3 is 1.55 bits per heavy atom. The Hall–Kier alpha value is -1.90. The van der Waals surface area contributed by atoms with Crippen LogP contribution >= 0.6 is 0 Å². The van der Waals surface area contributed by atoms with E-state index in [1.807, 2.05) is 0 Å². The van der Waals surface area contributed by atoms with E-state index in [2.05, 4.69) is 0 Å². The molecule has 8 N–H and O–H groups in total. The molecule has 1 aliphatic heterocycles. The number of hydrogen-bond donors (Lipinski definition) is 8. The van der Waals surface area contributed by atoms with Gasteiger partial charge in [-0.15, -0.1) is 0 Å². The highest BCUT2D eigenvalue weighted by Crippen LogP contribution is 2.04. The van der Waals surface area contributed by atoms with Crippen molar-refractivity contribution < 1.29 is 101 Å². The normalized spacial score (nSPS) is 19.9. The molecule has 1 fully saturated rings. The van der Waals surface area contributed by atoms with Crippen LogP contribution in [0.2, 0.25) is 0 Å². The molecule has 3 atom stereocenters. The topological polar surface area (TPSA) is 200 Å². The second-order valence-electron chi connectivity index (χ2n) is 7.65. The van der Waals surface area contributed by atoms with Gasteiger partial charge in [-0.1, -0.05) is 0 Å². The monoisotopic (exact) mass is 541 g/mol. The van der Waals surface area contributed by atoms with Gasteiger partial charge in [0, 0.05) is 12.8 Å². The molecule has 1 unspecified atom stereocenters. The van der Waals surface area contributed by atoms with Gasteiger partial charge in [0.1, 0.15) is 25.2 Å². The summed E-state index contributed by atoms with van der Waals surface area (Å²) in [4.78, 5) is 57.0. The number of rotatable bonds is 13. The number of aliphatic carboxylic acids is 5. The molecule has 0 spiro atoms. The molecule has 0 aliphatic carbocycles. The Kier molecular flexibility index (Phi) is 19.0. The fourth-order valence-electron chi connectivity index (χ4n) is 4.13. The molecule has 1 heterocycles. The minimum absolute atomic E-state index is 0. The summed E-state index contributed by atoms with van der Waals surface area (Å²) in [6, 6.07) is -0.755. The number of likely N-dealkylation sites (tertiary alicyclic amines) is 1. The van der Waals surface area contributed by atoms with E-state index in [0.29, 0.717) is 29.1 Å². The summed E-state index contributed by atoms with van der Waals surface area (Å²) < 4.78 is 0. The zero-order valence-electron chi connectivity index (χ0n) is 17.6. The summed E-state index contributed by atoms with van der Waals surface area (Å²) in [5.41, 5.74) is 0. The Labute approximate surface area is 208 Å². The number of quaternary nitrogens is 3. The first-order valence-corrected chi connectivity index (χ1v) is 9.59. The summed E-state index contributed by atoms with van der Waals surface area (Å²) in [6.45, 7) is -1.69. The van der Waals surface area contributed by atoms with Crippen LogP contribution in [0.3, 0.4) is 0 Å². The van der Waals surface area contributed by atoms with Crippen LogP contribution < -0.4 is 51.9 Å². The molecular weight excluding hydrogens is 513 g/mol. The Balaban J connectivity index is -0.00000300. The molecule has 1 rings (SSSR count). The molecule has 0 saturated carbocycles. The molecule has 0 bridgehead atoms. The molecule has 0 aromatic heterocycles. The third kappa shape index (κ3) is 14.8. The van der Waals surface area contributed by atoms with E-state index in [9.17, 15) is 29.1 Å². The van der Waals surface area contributed by atoms with Crippen molar-refractivity contribution in [3.8, 4) is 0 Å². The summed E-state index contributed by atoms with van der Waals surface area (Å²) in [5.74, 6) is -5.77. The van der Waals surface area contributed by atoms with E-state index in [-0.39, 0.29) is 67.8 Å². The molecule has 33 heavy (non-hydrogen) atoms. The number of carboxylic acid groups (broad SMARTS) is 5. The lowest BCUT2D eigenvalue weighted by molar-refractivity contribution is -0.995. The zero-order chi connectivity index (χ0) is 22.8. The van der Waals surface area contributed by atoms with Crippen LogP contribution in [0.25, 0.3) is 0 Å². The first-order valence-electron chi connectivity index (χ1n) is 9.59. The van der Waals surface area contributed by atoms with Gasteiger partial charge < -0.3 is 77.5 Å². The third-order valence-electron chi connectivity index (χ3n) is 5.24. The van der Waals surface area contributed by atoms with Gasteiger partial charge in [-0.3, -0.25) is 0 Å². The number of halogens is 3. The number of nitrogens with one attached hydrogen (secondary N) is 3. The van der Waals surface area contributed by atoms with Gasteiger partial charge in [-0.05, 0) is 6.42 Å². The van der Waals surface area contributed by atoms with Gasteiger partial charge in [0.15, 0.2) is 32.7 Å². The first kappa shape index (κ1) is 35.7. The molecule has 194 valence electrons. The van der Waals surface area contributed by atoms with Crippen molar-refractivity contribution in [2.45, 2.75) is 31.3 Å². The van der Waals surface area contributed by atoms with E-state index in [1.165, 1.54) is 0 Å². The fourth-order valence-corrected chi connectivity index (χ4v) is 4.13. The van der Waals surface area contributed by atoms with Crippen molar-refractivity contribution in [3.63, 3.8) is 0 Å². The first-order chi connectivity index (χ1) is 14.0. The molecule has 0 aromatic rings. The van der Waals surface area contributed by atoms with E-state index in [1.54, 1.807) is 0 Å². The quantitative estimate of drug-likeness (QED) is 0.110. The van der Waals surface area contributed by atoms with Crippen LogP contribution in [0, 0.1) is 0 Å². The Bertz CT molecular complexity index is 638. The Morgan fingerprint density at radius 1 is 0.697 bits per heavy atom. The van der Waals surface area contributed by atoms with Crippen molar-refractivity contribution in [1.82, 2.24) is 0 Å². The van der Waals surface area contributed by atoms with Crippen molar-refractivity contribution in [2.75, 3.05) is 45.8 Å². The number of hydrogen-bond acceptors (Lipinski definition) is 5. The smallest absolute Gasteiger partial charge is 0.359 e. The molecular formula is C17H30Cl3N3O10. The summed E-state index contributed by atoms with van der Waals surface area (Å²) in [6.07, 6.45) is 1.55. The maximum Gasteiger partial charge on any atom is 0.359 e. The average molecular weight is 543 g/mol. The highest BCUT2D eigenvalue weighted by molar-refractivity contribution is 5.70. The number of carboxylic acids is 5. The molecule has 0 radical (unpaired) electrons. The Morgan fingerprint density at radius 2 is 1.15 bits per heavy atom. The van der Waals surface area contributed by atoms with Crippen LogP contribution in [0.1, 0.15) is 19.3 Å². The van der Waals surface area contributed by atoms with Gasteiger partial charge in [-0.2, -0.15) is 0 Å². The highest BCUT2D eigenvalue weighted by Gasteiger charge is 2.39. The molecule has 0 aromatic carbocycles. The lowest BCUT2D eigenvalue weighted by atomic mass is 10.1. The SMILES string of the molecule is O=C(O)C[NH+](CC(=O)O)C[C@H]1CCC[C@@H]([NH+](CC(=O)O)CC(=O)O)C[NH+]1CC(=O)O.[Cl-].[Cl-].[Cl-]. The predicted octanol–water partition coefficient (Wildman–Crippen LogP) is -15.0. The van der Waals surface area contributed by atoms with Gasteiger partial charge in [0.25, 0.3) is 0 Å². The molecule has 1 saturated heterocycles. The van der Waals surface area contributed by atoms with Crippen LogP contribution in [0.5, 0.6) is 0 Å².